The quantitative estimate of drug-likeness (QED) is 0.529. The fourth-order valence-corrected chi connectivity index (χ4v) is 3.65. The van der Waals surface area contributed by atoms with Crippen LogP contribution in [0.15, 0.2) is 12.1 Å². The molecule has 2 fully saturated rings. The van der Waals surface area contributed by atoms with Crippen molar-refractivity contribution in [2.45, 2.75) is 50.4 Å². The predicted octanol–water partition coefficient (Wildman–Crippen LogP) is 1.14. The van der Waals surface area contributed by atoms with Gasteiger partial charge in [0.25, 0.3) is 0 Å². The van der Waals surface area contributed by atoms with Crippen LogP contribution >= 0.6 is 0 Å². The summed E-state index contributed by atoms with van der Waals surface area (Å²) < 4.78 is 5.29. The van der Waals surface area contributed by atoms with Crippen molar-refractivity contribution in [2.24, 2.45) is 0 Å². The van der Waals surface area contributed by atoms with Gasteiger partial charge in [0.2, 0.25) is 11.8 Å². The van der Waals surface area contributed by atoms with E-state index in [1.807, 2.05) is 0 Å². The predicted molar refractivity (Wildman–Crippen MR) is 93.0 cm³/mol. The topological polar surface area (TPSA) is 120 Å². The first kappa shape index (κ1) is 16.1. The summed E-state index contributed by atoms with van der Waals surface area (Å²) in [6.07, 6.45) is 4.67. The van der Waals surface area contributed by atoms with Crippen LogP contribution in [0.4, 0.5) is 17.6 Å². The van der Waals surface area contributed by atoms with E-state index < -0.39 is 0 Å². The molecule has 2 aromatic heterocycles. The Morgan fingerprint density at radius 2 is 2.00 bits per heavy atom. The molecule has 0 aliphatic carbocycles. The highest BCUT2D eigenvalue weighted by atomic mass is 16.5. The van der Waals surface area contributed by atoms with Crippen LogP contribution in [0.1, 0.15) is 31.4 Å². The number of aromatic nitrogens is 4. The Morgan fingerprint density at radius 1 is 1.20 bits per heavy atom. The smallest absolute Gasteiger partial charge is 0.228 e. The molecule has 2 aliphatic rings. The van der Waals surface area contributed by atoms with E-state index in [1.165, 1.54) is 12.8 Å². The Labute approximate surface area is 145 Å². The first-order valence-corrected chi connectivity index (χ1v) is 8.59. The van der Waals surface area contributed by atoms with Gasteiger partial charge in [-0.05, 0) is 25.7 Å². The minimum absolute atomic E-state index is 0.0906. The number of aliphatic hydroxyl groups excluding tert-OH is 1. The van der Waals surface area contributed by atoms with Crippen LogP contribution in [0.25, 0.3) is 0 Å². The minimum Gasteiger partial charge on any atom is -0.481 e. The zero-order chi connectivity index (χ0) is 17.2. The molecule has 25 heavy (non-hydrogen) atoms. The molecule has 2 unspecified atom stereocenters. The number of methoxy groups -OCH3 is 1. The molecule has 5 N–H and O–H groups in total. The first-order chi connectivity index (χ1) is 12.2. The summed E-state index contributed by atoms with van der Waals surface area (Å²) in [7, 11) is 1.58. The third kappa shape index (κ3) is 3.67. The average Bonchev–Trinajstić information content (AvgIpc) is 3.20. The van der Waals surface area contributed by atoms with Crippen molar-refractivity contribution in [3.05, 3.63) is 17.8 Å². The number of aliphatic hydroxyl groups is 1. The molecule has 0 spiro atoms. The van der Waals surface area contributed by atoms with E-state index in [-0.39, 0.29) is 6.61 Å². The lowest BCUT2D eigenvalue weighted by molar-refractivity contribution is 0.276. The monoisotopic (exact) mass is 345 g/mol. The first-order valence-electron chi connectivity index (χ1n) is 8.59. The molecule has 0 saturated carbocycles. The van der Waals surface area contributed by atoms with Crippen LogP contribution in [0.5, 0.6) is 5.88 Å². The number of H-pyrrole nitrogens is 1. The van der Waals surface area contributed by atoms with Gasteiger partial charge >= 0.3 is 0 Å². The minimum atomic E-state index is -0.0906. The van der Waals surface area contributed by atoms with Crippen molar-refractivity contribution >= 4 is 17.6 Å². The highest BCUT2D eigenvalue weighted by Crippen LogP contribution is 2.29. The Bertz CT molecular complexity index is 723. The van der Waals surface area contributed by atoms with Crippen LogP contribution in [-0.4, -0.2) is 50.5 Å². The van der Waals surface area contributed by atoms with Gasteiger partial charge in [-0.1, -0.05) is 0 Å². The van der Waals surface area contributed by atoms with Crippen molar-refractivity contribution in [3.63, 3.8) is 0 Å². The van der Waals surface area contributed by atoms with Gasteiger partial charge in [0.05, 0.1) is 19.4 Å². The maximum absolute atomic E-state index is 9.11. The molecular weight excluding hydrogens is 322 g/mol. The number of nitrogens with one attached hydrogen (secondary N) is 4. The van der Waals surface area contributed by atoms with Crippen molar-refractivity contribution in [1.82, 2.24) is 25.5 Å². The number of anilines is 3. The summed E-state index contributed by atoms with van der Waals surface area (Å²) in [6.45, 7) is -0.0906. The molecule has 2 atom stereocenters. The molecule has 2 bridgehead atoms. The van der Waals surface area contributed by atoms with Gasteiger partial charge in [0.15, 0.2) is 5.82 Å². The lowest BCUT2D eigenvalue weighted by Gasteiger charge is -2.29. The van der Waals surface area contributed by atoms with E-state index in [0.29, 0.717) is 47.3 Å². The van der Waals surface area contributed by atoms with Crippen molar-refractivity contribution in [1.29, 1.82) is 0 Å². The van der Waals surface area contributed by atoms with Gasteiger partial charge in [0, 0.05) is 30.3 Å². The summed E-state index contributed by atoms with van der Waals surface area (Å²) in [5, 5.41) is 26.1. The molecule has 0 amide bonds. The van der Waals surface area contributed by atoms with Gasteiger partial charge < -0.3 is 25.8 Å². The van der Waals surface area contributed by atoms with Gasteiger partial charge in [-0.25, -0.2) is 0 Å². The standard InChI is InChI=1S/C16H23N7O2/c1-25-15-7-13(19-14-6-12(8-24)22-23-14)20-16(21-15)18-11-4-9-2-3-10(5-11)17-9/h6-7,9-11,17,24H,2-5,8H2,1H3,(H3,18,19,20,21,22,23). The van der Waals surface area contributed by atoms with E-state index >= 15 is 0 Å². The molecule has 4 heterocycles. The lowest BCUT2D eigenvalue weighted by Crippen LogP contribution is -2.43. The fraction of sp³-hybridized carbons (Fsp3) is 0.562. The van der Waals surface area contributed by atoms with Crippen LogP contribution in [0.3, 0.4) is 0 Å². The molecule has 2 aromatic rings. The average molecular weight is 345 g/mol. The Balaban J connectivity index is 1.49. The summed E-state index contributed by atoms with van der Waals surface area (Å²) in [5.41, 5.74) is 0.632. The van der Waals surface area contributed by atoms with E-state index in [1.54, 1.807) is 19.2 Å². The highest BCUT2D eigenvalue weighted by molar-refractivity contribution is 5.55. The van der Waals surface area contributed by atoms with Crippen LogP contribution in [0, 0.1) is 0 Å². The molecule has 0 aromatic carbocycles. The summed E-state index contributed by atoms with van der Waals surface area (Å²) >= 11 is 0. The second-order valence-electron chi connectivity index (χ2n) is 6.63. The SMILES string of the molecule is COc1cc(Nc2cc(CO)[nH]n2)nc(NC2CC3CCC(C2)N3)n1. The zero-order valence-electron chi connectivity index (χ0n) is 14.1. The van der Waals surface area contributed by atoms with Crippen LogP contribution in [0.2, 0.25) is 0 Å². The number of hydrogen-bond acceptors (Lipinski definition) is 8. The molecule has 2 aliphatic heterocycles. The van der Waals surface area contributed by atoms with Gasteiger partial charge in [-0.15, -0.1) is 0 Å². The van der Waals surface area contributed by atoms with Gasteiger partial charge in [-0.3, -0.25) is 5.10 Å². The maximum atomic E-state index is 9.11. The molecule has 0 radical (unpaired) electrons. The lowest BCUT2D eigenvalue weighted by atomic mass is 10.0. The zero-order valence-corrected chi connectivity index (χ0v) is 14.1. The summed E-state index contributed by atoms with van der Waals surface area (Å²) in [5.74, 6) is 2.19. The number of fused-ring (bicyclic) bond motifs is 2. The number of ether oxygens (including phenoxy) is 1. The number of rotatable bonds is 6. The van der Waals surface area contributed by atoms with Crippen molar-refractivity contribution < 1.29 is 9.84 Å². The second-order valence-corrected chi connectivity index (χ2v) is 6.63. The van der Waals surface area contributed by atoms with Gasteiger partial charge in [0.1, 0.15) is 5.82 Å². The third-order valence-electron chi connectivity index (χ3n) is 4.78. The molecule has 4 rings (SSSR count). The van der Waals surface area contributed by atoms with Crippen molar-refractivity contribution in [3.8, 4) is 5.88 Å². The second kappa shape index (κ2) is 6.85. The maximum Gasteiger partial charge on any atom is 0.228 e. The van der Waals surface area contributed by atoms with Crippen LogP contribution < -0.4 is 20.7 Å². The largest absolute Gasteiger partial charge is 0.481 e. The van der Waals surface area contributed by atoms with E-state index in [2.05, 4.69) is 36.1 Å². The highest BCUT2D eigenvalue weighted by Gasteiger charge is 2.33. The summed E-state index contributed by atoms with van der Waals surface area (Å²) in [6, 6.07) is 5.00. The number of nitrogens with zero attached hydrogens (tertiary/aromatic N) is 3. The number of aromatic amines is 1. The Hall–Kier alpha value is -2.39. The van der Waals surface area contributed by atoms with Crippen molar-refractivity contribution in [2.75, 3.05) is 17.7 Å². The summed E-state index contributed by atoms with van der Waals surface area (Å²) in [4.78, 5) is 8.93. The normalized spacial score (nSPS) is 25.0. The van der Waals surface area contributed by atoms with E-state index in [0.717, 1.165) is 12.8 Å². The fourth-order valence-electron chi connectivity index (χ4n) is 3.65. The van der Waals surface area contributed by atoms with Gasteiger partial charge in [-0.2, -0.15) is 15.1 Å². The third-order valence-corrected chi connectivity index (χ3v) is 4.78. The Kier molecular flexibility index (Phi) is 4.41. The number of piperidine rings is 1. The van der Waals surface area contributed by atoms with E-state index in [9.17, 15) is 0 Å². The molecule has 9 heteroatoms. The van der Waals surface area contributed by atoms with Crippen LogP contribution in [-0.2, 0) is 6.61 Å². The molecular formula is C16H23N7O2. The van der Waals surface area contributed by atoms with E-state index in [4.69, 9.17) is 9.84 Å². The number of hydrogen-bond donors (Lipinski definition) is 5. The Morgan fingerprint density at radius 3 is 2.68 bits per heavy atom. The molecule has 9 nitrogen and oxygen atoms in total. The molecule has 2 saturated heterocycles. The molecule has 134 valence electrons.